The fourth-order valence-electron chi connectivity index (χ4n) is 3.00. The van der Waals surface area contributed by atoms with Crippen molar-refractivity contribution in [1.82, 2.24) is 0 Å². The number of aliphatic hydroxyl groups excluding tert-OH is 1. The third-order valence-electron chi connectivity index (χ3n) is 4.77. The van der Waals surface area contributed by atoms with E-state index in [-0.39, 0.29) is 22.3 Å². The number of sulfone groups is 1. The van der Waals surface area contributed by atoms with Gasteiger partial charge < -0.3 is 5.11 Å². The van der Waals surface area contributed by atoms with Gasteiger partial charge in [-0.1, -0.05) is 26.0 Å². The Labute approximate surface area is 123 Å². The van der Waals surface area contributed by atoms with Gasteiger partial charge >= 0.3 is 0 Å². The molecule has 1 aromatic rings. The van der Waals surface area contributed by atoms with E-state index in [0.29, 0.717) is 6.42 Å². The highest BCUT2D eigenvalue weighted by atomic mass is 32.2. The molecule has 0 aromatic heterocycles. The second-order valence-corrected chi connectivity index (χ2v) is 7.94. The minimum atomic E-state index is -3.94. The lowest BCUT2D eigenvalue weighted by molar-refractivity contribution is -0.0777. The summed E-state index contributed by atoms with van der Waals surface area (Å²) in [5.74, 6) is -0.981. The number of aliphatic hydroxyl groups is 1. The average molecular weight is 318 g/mol. The van der Waals surface area contributed by atoms with E-state index in [4.69, 9.17) is 0 Å². The number of hydrogen-bond donors (Lipinski definition) is 1. The van der Waals surface area contributed by atoms with E-state index in [0.717, 1.165) is 12.0 Å². The van der Waals surface area contributed by atoms with Crippen molar-refractivity contribution in [2.45, 2.75) is 50.0 Å². The molecule has 3 atom stereocenters. The van der Waals surface area contributed by atoms with Crippen molar-refractivity contribution in [3.63, 3.8) is 0 Å². The van der Waals surface area contributed by atoms with Gasteiger partial charge in [0.2, 0.25) is 0 Å². The van der Waals surface area contributed by atoms with Crippen molar-refractivity contribution in [1.29, 1.82) is 0 Å². The van der Waals surface area contributed by atoms with Crippen LogP contribution in [0, 0.1) is 5.41 Å². The number of hydrogen-bond acceptors (Lipinski definition) is 3. The summed E-state index contributed by atoms with van der Waals surface area (Å²) in [6, 6.07) is 6.10. The second-order valence-electron chi connectivity index (χ2n) is 5.90. The Hall–Kier alpha value is -1.01. The summed E-state index contributed by atoms with van der Waals surface area (Å²) in [6.45, 7) is 4.02. The number of benzene rings is 1. The van der Waals surface area contributed by atoms with Crippen molar-refractivity contribution in [2.75, 3.05) is 5.75 Å². The molecule has 0 saturated heterocycles. The lowest BCUT2D eigenvalue weighted by atomic mass is 9.55. The molecular weight excluding hydrogens is 298 g/mol. The third kappa shape index (κ3) is 2.97. The van der Waals surface area contributed by atoms with E-state index in [1.165, 1.54) is 12.1 Å². The maximum absolute atomic E-state index is 12.3. The van der Waals surface area contributed by atoms with Crippen LogP contribution in [-0.4, -0.2) is 31.8 Å². The average Bonchev–Trinajstić information content (AvgIpc) is 2.42. The van der Waals surface area contributed by atoms with Crippen LogP contribution in [0.3, 0.4) is 0 Å². The standard InChI is InChI=1S/C15H20F2O3S/c1-3-15(2)12(8-13(15)18)10-4-6-11(7-5-10)21(19,20)9-14(16)17/h4-7,12-14,18H,3,8-9H2,1-2H3. The molecule has 1 aromatic carbocycles. The molecule has 0 spiro atoms. The Bertz CT molecular complexity index is 598. The topological polar surface area (TPSA) is 54.4 Å². The van der Waals surface area contributed by atoms with E-state index in [1.54, 1.807) is 12.1 Å². The normalized spacial score (nSPS) is 29.4. The fraction of sp³-hybridized carbons (Fsp3) is 0.600. The third-order valence-corrected chi connectivity index (χ3v) is 6.45. The molecule has 1 aliphatic carbocycles. The number of rotatable bonds is 5. The van der Waals surface area contributed by atoms with Gasteiger partial charge in [-0.25, -0.2) is 17.2 Å². The van der Waals surface area contributed by atoms with Crippen LogP contribution in [0.4, 0.5) is 8.78 Å². The maximum atomic E-state index is 12.3. The highest BCUT2D eigenvalue weighted by molar-refractivity contribution is 7.91. The molecule has 2 rings (SSSR count). The van der Waals surface area contributed by atoms with Gasteiger partial charge in [-0.15, -0.1) is 0 Å². The Balaban J connectivity index is 2.21. The highest BCUT2D eigenvalue weighted by Gasteiger charge is 2.49. The number of alkyl halides is 2. The molecule has 0 amide bonds. The van der Waals surface area contributed by atoms with Crippen LogP contribution in [0.25, 0.3) is 0 Å². The fourth-order valence-corrected chi connectivity index (χ4v) is 4.08. The second kappa shape index (κ2) is 5.65. The predicted molar refractivity (Wildman–Crippen MR) is 76.3 cm³/mol. The Morgan fingerprint density at radius 3 is 2.33 bits per heavy atom. The maximum Gasteiger partial charge on any atom is 0.252 e. The van der Waals surface area contributed by atoms with Gasteiger partial charge in [0, 0.05) is 5.41 Å². The molecule has 0 radical (unpaired) electrons. The summed E-state index contributed by atoms with van der Waals surface area (Å²) < 4.78 is 48.0. The Kier molecular flexibility index (Phi) is 4.40. The molecule has 6 heteroatoms. The molecule has 3 unspecified atom stereocenters. The quantitative estimate of drug-likeness (QED) is 0.908. The summed E-state index contributed by atoms with van der Waals surface area (Å²) in [7, 11) is -3.94. The van der Waals surface area contributed by atoms with Crippen molar-refractivity contribution >= 4 is 9.84 Å². The molecule has 0 aliphatic heterocycles. The molecule has 1 aliphatic rings. The summed E-state index contributed by atoms with van der Waals surface area (Å²) in [4.78, 5) is -0.0791. The van der Waals surface area contributed by atoms with Gasteiger partial charge in [0.1, 0.15) is 5.75 Å². The molecule has 0 heterocycles. The van der Waals surface area contributed by atoms with Gasteiger partial charge in [-0.3, -0.25) is 0 Å². The minimum absolute atomic E-state index is 0.0791. The van der Waals surface area contributed by atoms with Crippen LogP contribution in [0.2, 0.25) is 0 Å². The first-order valence-electron chi connectivity index (χ1n) is 6.99. The molecule has 1 saturated carbocycles. The first kappa shape index (κ1) is 16.4. The van der Waals surface area contributed by atoms with Gasteiger partial charge in [0.05, 0.1) is 11.0 Å². The zero-order valence-electron chi connectivity index (χ0n) is 12.1. The molecule has 0 bridgehead atoms. The SMILES string of the molecule is CCC1(C)C(O)CC1c1ccc(S(=O)(=O)CC(F)F)cc1. The van der Waals surface area contributed by atoms with Gasteiger partial charge in [0.15, 0.2) is 9.84 Å². The van der Waals surface area contributed by atoms with Gasteiger partial charge in [-0.05, 0) is 36.5 Å². The van der Waals surface area contributed by atoms with Crippen molar-refractivity contribution in [3.8, 4) is 0 Å². The molecule has 21 heavy (non-hydrogen) atoms. The molecule has 118 valence electrons. The summed E-state index contributed by atoms with van der Waals surface area (Å²) in [6.07, 6.45) is -1.76. The van der Waals surface area contributed by atoms with E-state index >= 15 is 0 Å². The first-order valence-corrected chi connectivity index (χ1v) is 8.65. The van der Waals surface area contributed by atoms with Gasteiger partial charge in [-0.2, -0.15) is 0 Å². The van der Waals surface area contributed by atoms with Crippen molar-refractivity contribution in [2.24, 2.45) is 5.41 Å². The Morgan fingerprint density at radius 2 is 1.90 bits per heavy atom. The molecule has 1 N–H and O–H groups in total. The Morgan fingerprint density at radius 1 is 1.33 bits per heavy atom. The van der Waals surface area contributed by atoms with E-state index in [9.17, 15) is 22.3 Å². The zero-order valence-corrected chi connectivity index (χ0v) is 12.9. The van der Waals surface area contributed by atoms with E-state index in [1.807, 2.05) is 13.8 Å². The molecule has 3 nitrogen and oxygen atoms in total. The van der Waals surface area contributed by atoms with Crippen LogP contribution in [-0.2, 0) is 9.84 Å². The summed E-state index contributed by atoms with van der Waals surface area (Å²) in [5.41, 5.74) is 0.740. The van der Waals surface area contributed by atoms with Crippen LogP contribution < -0.4 is 0 Å². The largest absolute Gasteiger partial charge is 0.393 e. The van der Waals surface area contributed by atoms with Crippen LogP contribution >= 0.6 is 0 Å². The summed E-state index contributed by atoms with van der Waals surface area (Å²) in [5, 5.41) is 9.90. The molecule has 1 fully saturated rings. The lowest BCUT2D eigenvalue weighted by Crippen LogP contribution is -2.49. The van der Waals surface area contributed by atoms with E-state index < -0.39 is 22.0 Å². The van der Waals surface area contributed by atoms with Crippen molar-refractivity contribution in [3.05, 3.63) is 29.8 Å². The van der Waals surface area contributed by atoms with Gasteiger partial charge in [0.25, 0.3) is 6.43 Å². The monoisotopic (exact) mass is 318 g/mol. The first-order chi connectivity index (χ1) is 9.70. The lowest BCUT2D eigenvalue weighted by Gasteiger charge is -2.51. The van der Waals surface area contributed by atoms with Crippen molar-refractivity contribution < 1.29 is 22.3 Å². The molecular formula is C15H20F2O3S. The van der Waals surface area contributed by atoms with E-state index in [2.05, 4.69) is 0 Å². The van der Waals surface area contributed by atoms with Crippen LogP contribution in [0.1, 0.15) is 38.2 Å². The van der Waals surface area contributed by atoms with Crippen LogP contribution in [0.5, 0.6) is 0 Å². The van der Waals surface area contributed by atoms with Crippen LogP contribution in [0.15, 0.2) is 29.2 Å². The summed E-state index contributed by atoms with van der Waals surface area (Å²) >= 11 is 0. The zero-order chi connectivity index (χ0) is 15.8. The smallest absolute Gasteiger partial charge is 0.252 e. The predicted octanol–water partition coefficient (Wildman–Crippen LogP) is 2.99. The number of halogens is 2. The minimum Gasteiger partial charge on any atom is -0.393 e. The highest BCUT2D eigenvalue weighted by Crippen LogP contribution is 2.54.